The Morgan fingerprint density at radius 1 is 1.08 bits per heavy atom. The third-order valence-corrected chi connectivity index (χ3v) is 4.33. The molecule has 5 nitrogen and oxygen atoms in total. The van der Waals surface area contributed by atoms with Crippen LogP contribution in [0, 0.1) is 0 Å². The molecule has 0 aliphatic rings. The molecule has 0 radical (unpaired) electrons. The number of hydrogen-bond donors (Lipinski definition) is 1. The number of aromatic nitrogens is 2. The zero-order valence-electron chi connectivity index (χ0n) is 15.7. The van der Waals surface area contributed by atoms with Crippen LogP contribution >= 0.6 is 0 Å². The number of carbonyl (C=O) groups is 1. The van der Waals surface area contributed by atoms with Gasteiger partial charge in [0.05, 0.1) is 5.56 Å². The quantitative estimate of drug-likeness (QED) is 0.786. The van der Waals surface area contributed by atoms with Gasteiger partial charge in [0.25, 0.3) is 5.91 Å². The summed E-state index contributed by atoms with van der Waals surface area (Å²) in [7, 11) is 1.97. The molecule has 0 saturated carbocycles. The molecule has 0 aliphatic heterocycles. The number of unbranched alkanes of at least 4 members (excludes halogenated alkanes) is 1. The first kappa shape index (κ1) is 18.9. The van der Waals surface area contributed by atoms with Crippen LogP contribution in [-0.2, 0) is 12.8 Å². The number of nitrogens with zero attached hydrogens (tertiary/aromatic N) is 3. The minimum atomic E-state index is -0.168. The van der Waals surface area contributed by atoms with E-state index in [4.69, 9.17) is 0 Å². The lowest BCUT2D eigenvalue weighted by atomic mass is 10.0. The highest BCUT2D eigenvalue weighted by Crippen LogP contribution is 2.23. The van der Waals surface area contributed by atoms with Gasteiger partial charge in [0.1, 0.15) is 0 Å². The van der Waals surface area contributed by atoms with Crippen molar-refractivity contribution in [1.29, 1.82) is 0 Å². The van der Waals surface area contributed by atoms with E-state index in [2.05, 4.69) is 48.2 Å². The van der Waals surface area contributed by atoms with Gasteiger partial charge < -0.3 is 10.2 Å². The van der Waals surface area contributed by atoms with Crippen molar-refractivity contribution >= 4 is 17.5 Å². The summed E-state index contributed by atoms with van der Waals surface area (Å²) in [5.74, 6) is 0.478. The molecule has 1 N–H and O–H groups in total. The molecule has 2 rings (SSSR count). The first-order chi connectivity index (χ1) is 12.1. The summed E-state index contributed by atoms with van der Waals surface area (Å²) in [6, 6.07) is 6.14. The van der Waals surface area contributed by atoms with Crippen LogP contribution in [-0.4, -0.2) is 29.5 Å². The molecule has 0 saturated heterocycles. The van der Waals surface area contributed by atoms with Gasteiger partial charge in [-0.15, -0.1) is 0 Å². The number of nitrogens with one attached hydrogen (secondary N) is 1. The van der Waals surface area contributed by atoms with E-state index in [1.165, 1.54) is 0 Å². The van der Waals surface area contributed by atoms with E-state index in [0.29, 0.717) is 11.5 Å². The second kappa shape index (κ2) is 9.16. The molecular formula is C20H28N4O. The summed E-state index contributed by atoms with van der Waals surface area (Å²) in [5, 5.41) is 3.05. The van der Waals surface area contributed by atoms with Crippen molar-refractivity contribution in [3.63, 3.8) is 0 Å². The largest absolute Gasteiger partial charge is 0.344 e. The van der Waals surface area contributed by atoms with Gasteiger partial charge >= 0.3 is 0 Å². The Hall–Kier alpha value is -2.43. The van der Waals surface area contributed by atoms with E-state index in [0.717, 1.165) is 49.0 Å². The SMILES string of the molecule is CCCCN(C)c1ncc(C(=O)Nc2c(CC)cccc2CC)cn1. The van der Waals surface area contributed by atoms with Crippen molar-refractivity contribution < 1.29 is 4.79 Å². The van der Waals surface area contributed by atoms with Gasteiger partial charge in [0.15, 0.2) is 0 Å². The summed E-state index contributed by atoms with van der Waals surface area (Å²) < 4.78 is 0. The molecule has 0 aliphatic carbocycles. The molecule has 5 heteroatoms. The van der Waals surface area contributed by atoms with Gasteiger partial charge in [0.2, 0.25) is 5.95 Å². The Labute approximate surface area is 150 Å². The maximum Gasteiger partial charge on any atom is 0.258 e. The standard InChI is InChI=1S/C20H28N4O/c1-5-8-12-24(4)20-21-13-17(14-22-20)19(25)23-18-15(6-2)10-9-11-16(18)7-3/h9-11,13-14H,5-8,12H2,1-4H3,(H,23,25). The lowest BCUT2D eigenvalue weighted by Crippen LogP contribution is -2.22. The van der Waals surface area contributed by atoms with Gasteiger partial charge in [-0.1, -0.05) is 45.4 Å². The third-order valence-electron chi connectivity index (χ3n) is 4.33. The van der Waals surface area contributed by atoms with Crippen LogP contribution < -0.4 is 10.2 Å². The number of carbonyl (C=O) groups excluding carboxylic acids is 1. The van der Waals surface area contributed by atoms with E-state index in [1.54, 1.807) is 12.4 Å². The zero-order chi connectivity index (χ0) is 18.2. The van der Waals surface area contributed by atoms with Crippen LogP contribution in [0.1, 0.15) is 55.1 Å². The van der Waals surface area contributed by atoms with Crippen LogP contribution in [0.4, 0.5) is 11.6 Å². The van der Waals surface area contributed by atoms with Gasteiger partial charge in [0, 0.05) is 31.7 Å². The van der Waals surface area contributed by atoms with Crippen LogP contribution in [0.25, 0.3) is 0 Å². The Bertz CT molecular complexity index is 675. The number of anilines is 2. The first-order valence-electron chi connectivity index (χ1n) is 9.05. The van der Waals surface area contributed by atoms with Crippen molar-refractivity contribution in [1.82, 2.24) is 9.97 Å². The Morgan fingerprint density at radius 2 is 1.68 bits per heavy atom. The Balaban J connectivity index is 2.14. The highest BCUT2D eigenvalue weighted by atomic mass is 16.1. The molecule has 1 aromatic heterocycles. The lowest BCUT2D eigenvalue weighted by molar-refractivity contribution is 0.102. The second-order valence-corrected chi connectivity index (χ2v) is 6.16. The van der Waals surface area contributed by atoms with E-state index < -0.39 is 0 Å². The fraction of sp³-hybridized carbons (Fsp3) is 0.450. The van der Waals surface area contributed by atoms with E-state index in [-0.39, 0.29) is 5.91 Å². The van der Waals surface area contributed by atoms with Crippen LogP contribution in [0.15, 0.2) is 30.6 Å². The number of para-hydroxylation sites is 1. The average Bonchev–Trinajstić information content (AvgIpc) is 2.66. The molecule has 134 valence electrons. The van der Waals surface area contributed by atoms with E-state index in [1.807, 2.05) is 18.0 Å². The van der Waals surface area contributed by atoms with Crippen molar-refractivity contribution in [3.8, 4) is 0 Å². The number of aryl methyl sites for hydroxylation is 2. The highest BCUT2D eigenvalue weighted by molar-refractivity contribution is 6.04. The fourth-order valence-electron chi connectivity index (χ4n) is 2.72. The monoisotopic (exact) mass is 340 g/mol. The maximum absolute atomic E-state index is 12.6. The molecular weight excluding hydrogens is 312 g/mol. The predicted molar refractivity (Wildman–Crippen MR) is 103 cm³/mol. The van der Waals surface area contributed by atoms with E-state index in [9.17, 15) is 4.79 Å². The van der Waals surface area contributed by atoms with Gasteiger partial charge in [-0.3, -0.25) is 4.79 Å². The van der Waals surface area contributed by atoms with Crippen LogP contribution in [0.5, 0.6) is 0 Å². The topological polar surface area (TPSA) is 58.1 Å². The molecule has 2 aromatic rings. The lowest BCUT2D eigenvalue weighted by Gasteiger charge is -2.17. The summed E-state index contributed by atoms with van der Waals surface area (Å²) >= 11 is 0. The van der Waals surface area contributed by atoms with Crippen LogP contribution in [0.2, 0.25) is 0 Å². The second-order valence-electron chi connectivity index (χ2n) is 6.16. The van der Waals surface area contributed by atoms with Crippen molar-refractivity contribution in [2.45, 2.75) is 46.5 Å². The molecule has 1 amide bonds. The molecule has 1 aromatic carbocycles. The average molecular weight is 340 g/mol. The molecule has 1 heterocycles. The summed E-state index contributed by atoms with van der Waals surface area (Å²) in [6.45, 7) is 7.25. The fourth-order valence-corrected chi connectivity index (χ4v) is 2.72. The number of hydrogen-bond acceptors (Lipinski definition) is 4. The molecule has 0 atom stereocenters. The highest BCUT2D eigenvalue weighted by Gasteiger charge is 2.13. The van der Waals surface area contributed by atoms with E-state index >= 15 is 0 Å². The number of rotatable bonds is 8. The molecule has 0 fully saturated rings. The molecule has 0 spiro atoms. The minimum absolute atomic E-state index is 0.168. The molecule has 0 unspecified atom stereocenters. The number of benzene rings is 1. The Morgan fingerprint density at radius 3 is 2.20 bits per heavy atom. The van der Waals surface area contributed by atoms with Gasteiger partial charge in [-0.2, -0.15) is 0 Å². The molecule has 0 bridgehead atoms. The summed E-state index contributed by atoms with van der Waals surface area (Å²) in [5.41, 5.74) is 3.68. The number of amides is 1. The zero-order valence-corrected chi connectivity index (χ0v) is 15.7. The Kier molecular flexibility index (Phi) is 6.92. The predicted octanol–water partition coefficient (Wildman–Crippen LogP) is 4.09. The van der Waals surface area contributed by atoms with Gasteiger partial charge in [-0.25, -0.2) is 9.97 Å². The minimum Gasteiger partial charge on any atom is -0.344 e. The third kappa shape index (κ3) is 4.78. The summed E-state index contributed by atoms with van der Waals surface area (Å²) in [4.78, 5) is 23.3. The van der Waals surface area contributed by atoms with Crippen LogP contribution in [0.3, 0.4) is 0 Å². The van der Waals surface area contributed by atoms with Gasteiger partial charge in [-0.05, 0) is 30.4 Å². The normalized spacial score (nSPS) is 10.6. The van der Waals surface area contributed by atoms with Crippen molar-refractivity contribution in [2.24, 2.45) is 0 Å². The summed E-state index contributed by atoms with van der Waals surface area (Å²) in [6.07, 6.45) is 7.17. The molecule has 25 heavy (non-hydrogen) atoms. The maximum atomic E-state index is 12.6. The first-order valence-corrected chi connectivity index (χ1v) is 9.05. The smallest absolute Gasteiger partial charge is 0.258 e. The van der Waals surface area contributed by atoms with Crippen molar-refractivity contribution in [3.05, 3.63) is 47.3 Å². The van der Waals surface area contributed by atoms with Crippen molar-refractivity contribution in [2.75, 3.05) is 23.8 Å².